The van der Waals surface area contributed by atoms with Crippen LogP contribution in [0.4, 0.5) is 0 Å². The summed E-state index contributed by atoms with van der Waals surface area (Å²) in [4.78, 5) is 2.41. The molecule has 2 rings (SSSR count). The third kappa shape index (κ3) is 3.98. The van der Waals surface area contributed by atoms with Crippen LogP contribution in [0.15, 0.2) is 24.3 Å². The molecule has 1 saturated heterocycles. The molecule has 0 aromatic heterocycles. The summed E-state index contributed by atoms with van der Waals surface area (Å²) < 4.78 is 0. The summed E-state index contributed by atoms with van der Waals surface area (Å²) >= 11 is 6.02. The van der Waals surface area contributed by atoms with Gasteiger partial charge < -0.3 is 10.2 Å². The highest BCUT2D eigenvalue weighted by Crippen LogP contribution is 2.20. The van der Waals surface area contributed by atoms with E-state index in [0.717, 1.165) is 29.9 Å². The predicted molar refractivity (Wildman–Crippen MR) is 77.9 cm³/mol. The Balaban J connectivity index is 1.86. The van der Waals surface area contributed by atoms with Gasteiger partial charge in [-0.3, -0.25) is 0 Å². The number of rotatable bonds is 4. The molecule has 2 unspecified atom stereocenters. The van der Waals surface area contributed by atoms with E-state index < -0.39 is 0 Å². The number of piperidine rings is 1. The molecule has 1 heterocycles. The van der Waals surface area contributed by atoms with E-state index in [0.29, 0.717) is 0 Å². The van der Waals surface area contributed by atoms with Gasteiger partial charge in [-0.1, -0.05) is 30.7 Å². The minimum Gasteiger partial charge on any atom is -0.316 e. The number of nitrogens with one attached hydrogen (secondary N) is 1. The van der Waals surface area contributed by atoms with Gasteiger partial charge in [-0.25, -0.2) is 0 Å². The fraction of sp³-hybridized carbons (Fsp3) is 0.600. The Hall–Kier alpha value is -0.570. The summed E-state index contributed by atoms with van der Waals surface area (Å²) in [6.07, 6.45) is 1.29. The largest absolute Gasteiger partial charge is 0.316 e. The van der Waals surface area contributed by atoms with Crippen LogP contribution in [0.5, 0.6) is 0 Å². The number of hydrogen-bond donors (Lipinski definition) is 1. The normalized spacial score (nSPS) is 24.4. The molecule has 1 N–H and O–H groups in total. The van der Waals surface area contributed by atoms with Gasteiger partial charge in [0.15, 0.2) is 0 Å². The summed E-state index contributed by atoms with van der Waals surface area (Å²) in [6.45, 7) is 6.84. The Morgan fingerprint density at radius 3 is 3.00 bits per heavy atom. The molecule has 1 aliphatic rings. The molecule has 0 amide bonds. The fourth-order valence-corrected chi connectivity index (χ4v) is 2.96. The van der Waals surface area contributed by atoms with E-state index in [4.69, 9.17) is 11.6 Å². The van der Waals surface area contributed by atoms with Gasteiger partial charge >= 0.3 is 0 Å². The molecule has 1 fully saturated rings. The number of hydrogen-bond acceptors (Lipinski definition) is 2. The molecule has 100 valence electrons. The summed E-state index contributed by atoms with van der Waals surface area (Å²) in [6, 6.07) is 8.16. The van der Waals surface area contributed by atoms with Crippen molar-refractivity contribution in [2.45, 2.75) is 19.9 Å². The topological polar surface area (TPSA) is 15.3 Å². The maximum atomic E-state index is 6.02. The van der Waals surface area contributed by atoms with Gasteiger partial charge in [0.1, 0.15) is 0 Å². The Labute approximate surface area is 115 Å². The standard InChI is InChI=1S/C15H23ClN2/c1-12-9-17-7-6-14(12)11-18(2)10-13-4-3-5-15(16)8-13/h3-5,8,12,14,17H,6-7,9-11H2,1-2H3. The lowest BCUT2D eigenvalue weighted by molar-refractivity contribution is 0.187. The minimum absolute atomic E-state index is 0.778. The quantitative estimate of drug-likeness (QED) is 0.901. The van der Waals surface area contributed by atoms with Gasteiger partial charge in [-0.15, -0.1) is 0 Å². The van der Waals surface area contributed by atoms with E-state index in [-0.39, 0.29) is 0 Å². The van der Waals surface area contributed by atoms with Crippen LogP contribution in [0, 0.1) is 11.8 Å². The monoisotopic (exact) mass is 266 g/mol. The van der Waals surface area contributed by atoms with Crippen molar-refractivity contribution >= 4 is 11.6 Å². The van der Waals surface area contributed by atoms with Gasteiger partial charge in [0, 0.05) is 18.1 Å². The molecular weight excluding hydrogens is 244 g/mol. The van der Waals surface area contributed by atoms with Gasteiger partial charge in [0.25, 0.3) is 0 Å². The number of benzene rings is 1. The molecule has 2 atom stereocenters. The molecule has 2 nitrogen and oxygen atoms in total. The second-order valence-electron chi connectivity index (χ2n) is 5.56. The van der Waals surface area contributed by atoms with Crippen LogP contribution in [0.2, 0.25) is 5.02 Å². The lowest BCUT2D eigenvalue weighted by Gasteiger charge is -2.32. The summed E-state index contributed by atoms with van der Waals surface area (Å²) in [5, 5.41) is 4.29. The van der Waals surface area contributed by atoms with Crippen LogP contribution in [-0.2, 0) is 6.54 Å². The highest BCUT2D eigenvalue weighted by Gasteiger charge is 2.22. The zero-order valence-corrected chi connectivity index (χ0v) is 12.1. The highest BCUT2D eigenvalue weighted by molar-refractivity contribution is 6.30. The SMILES string of the molecule is CC1CNCCC1CN(C)Cc1cccc(Cl)c1. The maximum Gasteiger partial charge on any atom is 0.0409 e. The molecule has 1 aromatic carbocycles. The van der Waals surface area contributed by atoms with Crippen molar-refractivity contribution in [2.24, 2.45) is 11.8 Å². The van der Waals surface area contributed by atoms with Crippen molar-refractivity contribution in [1.82, 2.24) is 10.2 Å². The Morgan fingerprint density at radius 1 is 1.44 bits per heavy atom. The molecule has 0 aliphatic carbocycles. The molecule has 1 aromatic rings. The molecule has 18 heavy (non-hydrogen) atoms. The van der Waals surface area contributed by atoms with Gasteiger partial charge in [-0.05, 0) is 56.1 Å². The second-order valence-corrected chi connectivity index (χ2v) is 5.99. The summed E-state index contributed by atoms with van der Waals surface area (Å²) in [5.41, 5.74) is 1.30. The summed E-state index contributed by atoms with van der Waals surface area (Å²) in [7, 11) is 2.20. The lowest BCUT2D eigenvalue weighted by Crippen LogP contribution is -2.40. The van der Waals surface area contributed by atoms with Crippen LogP contribution < -0.4 is 5.32 Å². The first-order chi connectivity index (χ1) is 8.65. The van der Waals surface area contributed by atoms with Crippen molar-refractivity contribution < 1.29 is 0 Å². The number of halogens is 1. The average molecular weight is 267 g/mol. The molecule has 0 saturated carbocycles. The van der Waals surface area contributed by atoms with Crippen LogP contribution in [0.25, 0.3) is 0 Å². The van der Waals surface area contributed by atoms with Crippen LogP contribution >= 0.6 is 11.6 Å². The Kier molecular flexibility index (Phi) is 5.04. The predicted octanol–water partition coefficient (Wildman–Crippen LogP) is 3.02. The smallest absolute Gasteiger partial charge is 0.0409 e. The van der Waals surface area contributed by atoms with E-state index in [1.807, 2.05) is 12.1 Å². The average Bonchev–Trinajstić information content (AvgIpc) is 2.32. The third-order valence-electron chi connectivity index (χ3n) is 3.85. The first-order valence-corrected chi connectivity index (χ1v) is 7.16. The molecule has 0 radical (unpaired) electrons. The van der Waals surface area contributed by atoms with E-state index in [1.54, 1.807) is 0 Å². The molecular formula is C15H23ClN2. The van der Waals surface area contributed by atoms with Gasteiger partial charge in [0.05, 0.1) is 0 Å². The van der Waals surface area contributed by atoms with Crippen LogP contribution in [0.1, 0.15) is 18.9 Å². The lowest BCUT2D eigenvalue weighted by atomic mass is 9.87. The molecule has 0 spiro atoms. The van der Waals surface area contributed by atoms with Crippen molar-refractivity contribution in [2.75, 3.05) is 26.7 Å². The molecule has 3 heteroatoms. The van der Waals surface area contributed by atoms with E-state index in [1.165, 1.54) is 25.1 Å². The minimum atomic E-state index is 0.778. The van der Waals surface area contributed by atoms with E-state index >= 15 is 0 Å². The van der Waals surface area contributed by atoms with Crippen molar-refractivity contribution in [1.29, 1.82) is 0 Å². The zero-order chi connectivity index (χ0) is 13.0. The zero-order valence-electron chi connectivity index (χ0n) is 11.3. The van der Waals surface area contributed by atoms with Crippen LogP contribution in [-0.4, -0.2) is 31.6 Å². The third-order valence-corrected chi connectivity index (χ3v) is 4.09. The van der Waals surface area contributed by atoms with Crippen molar-refractivity contribution in [3.05, 3.63) is 34.9 Å². The molecule has 1 aliphatic heterocycles. The highest BCUT2D eigenvalue weighted by atomic mass is 35.5. The number of nitrogens with zero attached hydrogens (tertiary/aromatic N) is 1. The second kappa shape index (κ2) is 6.55. The van der Waals surface area contributed by atoms with Crippen LogP contribution in [0.3, 0.4) is 0 Å². The van der Waals surface area contributed by atoms with Crippen molar-refractivity contribution in [3.8, 4) is 0 Å². The van der Waals surface area contributed by atoms with Crippen molar-refractivity contribution in [3.63, 3.8) is 0 Å². The van der Waals surface area contributed by atoms with Gasteiger partial charge in [-0.2, -0.15) is 0 Å². The maximum absolute atomic E-state index is 6.02. The summed E-state index contributed by atoms with van der Waals surface area (Å²) in [5.74, 6) is 1.59. The fourth-order valence-electron chi connectivity index (χ4n) is 2.75. The first-order valence-electron chi connectivity index (χ1n) is 6.79. The molecule has 0 bridgehead atoms. The van der Waals surface area contributed by atoms with E-state index in [2.05, 4.69) is 36.3 Å². The van der Waals surface area contributed by atoms with E-state index in [9.17, 15) is 0 Å². The van der Waals surface area contributed by atoms with Gasteiger partial charge in [0.2, 0.25) is 0 Å². The Bertz CT molecular complexity index is 381. The Morgan fingerprint density at radius 2 is 2.28 bits per heavy atom. The first kappa shape index (κ1) is 13.9.